The summed E-state index contributed by atoms with van der Waals surface area (Å²) >= 11 is 11.6. The number of ether oxygens (including phenoxy) is 1. The first-order valence-corrected chi connectivity index (χ1v) is 19.0. The van der Waals surface area contributed by atoms with Gasteiger partial charge in [0.2, 0.25) is 11.9 Å². The summed E-state index contributed by atoms with van der Waals surface area (Å²) in [6.07, 6.45) is 1.81. The van der Waals surface area contributed by atoms with Crippen molar-refractivity contribution >= 4 is 48.9 Å². The molecule has 248 valence electrons. The molecular formula is C28H39Cl2F3N8O3Si. The molecule has 3 rings (SSSR count). The Kier molecular flexibility index (Phi) is 13.4. The SMILES string of the molecule is Cc1nn(COCC[Si](C)(C)C)c(C)c1-c1ccc(NC(=O)[C@H](CCCC(Cl)Cl)NC(=O)c2cnnn2C(CF)CF)nc1F. The number of rotatable bonds is 17. The lowest BCUT2D eigenvalue weighted by molar-refractivity contribution is -0.118. The van der Waals surface area contributed by atoms with Gasteiger partial charge in [-0.05, 0) is 51.3 Å². The number of nitrogens with zero attached hydrogens (tertiary/aromatic N) is 6. The topological polar surface area (TPSA) is 129 Å². The number of alkyl halides is 4. The zero-order chi connectivity index (χ0) is 33.3. The number of carbonyl (C=O) groups excluding carboxylic acids is 2. The summed E-state index contributed by atoms with van der Waals surface area (Å²) in [5.41, 5.74) is 1.83. The summed E-state index contributed by atoms with van der Waals surface area (Å²) in [6.45, 7) is 9.00. The molecule has 0 aromatic carbocycles. The molecule has 45 heavy (non-hydrogen) atoms. The molecule has 0 saturated carbocycles. The van der Waals surface area contributed by atoms with Crippen molar-refractivity contribution in [1.82, 2.24) is 35.1 Å². The van der Waals surface area contributed by atoms with E-state index in [1.807, 2.05) is 6.92 Å². The highest BCUT2D eigenvalue weighted by Gasteiger charge is 2.27. The van der Waals surface area contributed by atoms with Crippen LogP contribution in [0, 0.1) is 19.8 Å². The van der Waals surface area contributed by atoms with Crippen LogP contribution in [-0.2, 0) is 16.3 Å². The Labute approximate surface area is 271 Å². The van der Waals surface area contributed by atoms with E-state index in [0.29, 0.717) is 36.4 Å². The molecule has 0 saturated heterocycles. The average molecular weight is 692 g/mol. The minimum absolute atomic E-state index is 0.0907. The number of anilines is 1. The molecule has 0 aliphatic rings. The third-order valence-corrected chi connectivity index (χ3v) is 9.15. The van der Waals surface area contributed by atoms with Crippen LogP contribution in [0.5, 0.6) is 0 Å². The maximum atomic E-state index is 15.4. The third-order valence-electron chi connectivity index (χ3n) is 7.01. The van der Waals surface area contributed by atoms with Crippen molar-refractivity contribution in [3.8, 4) is 11.1 Å². The zero-order valence-corrected chi connectivity index (χ0v) is 28.4. The normalized spacial score (nSPS) is 12.6. The van der Waals surface area contributed by atoms with E-state index in [0.717, 1.165) is 16.9 Å². The molecule has 1 atom stereocenters. The number of pyridine rings is 1. The molecule has 2 N–H and O–H groups in total. The Balaban J connectivity index is 1.76. The van der Waals surface area contributed by atoms with Gasteiger partial charge in [0.25, 0.3) is 5.91 Å². The summed E-state index contributed by atoms with van der Waals surface area (Å²) < 4.78 is 50.2. The Morgan fingerprint density at radius 1 is 1.11 bits per heavy atom. The van der Waals surface area contributed by atoms with Crippen molar-refractivity contribution in [2.24, 2.45) is 0 Å². The maximum absolute atomic E-state index is 15.4. The number of nitrogens with one attached hydrogen (secondary N) is 2. The second-order valence-electron chi connectivity index (χ2n) is 11.8. The summed E-state index contributed by atoms with van der Waals surface area (Å²) in [5, 5.41) is 16.7. The van der Waals surface area contributed by atoms with Crippen LogP contribution in [0.1, 0.15) is 47.2 Å². The van der Waals surface area contributed by atoms with E-state index in [4.69, 9.17) is 27.9 Å². The number of halogens is 5. The van der Waals surface area contributed by atoms with Gasteiger partial charge < -0.3 is 15.4 Å². The minimum Gasteiger partial charge on any atom is -0.360 e. The van der Waals surface area contributed by atoms with E-state index in [2.05, 4.69) is 50.7 Å². The number of hydrogen-bond acceptors (Lipinski definition) is 7. The van der Waals surface area contributed by atoms with Crippen molar-refractivity contribution < 1.29 is 27.5 Å². The molecule has 11 nitrogen and oxygen atoms in total. The Bertz CT molecular complexity index is 1450. The highest BCUT2D eigenvalue weighted by molar-refractivity contribution is 6.76. The van der Waals surface area contributed by atoms with Crippen LogP contribution in [0.15, 0.2) is 18.3 Å². The molecule has 0 spiro atoms. The van der Waals surface area contributed by atoms with E-state index in [9.17, 15) is 18.4 Å². The van der Waals surface area contributed by atoms with Crippen LogP contribution in [0.25, 0.3) is 11.1 Å². The van der Waals surface area contributed by atoms with E-state index < -0.39 is 56.1 Å². The van der Waals surface area contributed by atoms with Crippen LogP contribution < -0.4 is 10.6 Å². The van der Waals surface area contributed by atoms with Gasteiger partial charge in [0.1, 0.15) is 48.5 Å². The predicted molar refractivity (Wildman–Crippen MR) is 169 cm³/mol. The minimum atomic E-state index is -1.35. The molecule has 0 radical (unpaired) electrons. The van der Waals surface area contributed by atoms with Gasteiger partial charge in [-0.2, -0.15) is 9.49 Å². The summed E-state index contributed by atoms with van der Waals surface area (Å²) in [7, 11) is -1.25. The zero-order valence-electron chi connectivity index (χ0n) is 25.9. The third kappa shape index (κ3) is 10.2. The molecular weight excluding hydrogens is 652 g/mol. The Morgan fingerprint density at radius 2 is 1.82 bits per heavy atom. The van der Waals surface area contributed by atoms with Gasteiger partial charge in [0, 0.05) is 31.5 Å². The number of aryl methyl sites for hydroxylation is 1. The number of hydrogen-bond donors (Lipinski definition) is 2. The molecule has 3 aromatic heterocycles. The number of amides is 2. The van der Waals surface area contributed by atoms with Gasteiger partial charge in [-0.1, -0.05) is 24.9 Å². The summed E-state index contributed by atoms with van der Waals surface area (Å²) in [6, 6.07) is 1.44. The molecule has 0 bridgehead atoms. The Hall–Kier alpha value is -3.01. The van der Waals surface area contributed by atoms with Crippen molar-refractivity contribution in [3.63, 3.8) is 0 Å². The molecule has 0 aliphatic heterocycles. The number of carbonyl (C=O) groups is 2. The van der Waals surface area contributed by atoms with E-state index in [1.165, 1.54) is 12.1 Å². The van der Waals surface area contributed by atoms with Crippen LogP contribution in [0.2, 0.25) is 25.7 Å². The fourth-order valence-corrected chi connectivity index (χ4v) is 5.54. The van der Waals surface area contributed by atoms with Gasteiger partial charge in [-0.3, -0.25) is 9.59 Å². The molecule has 3 aromatic rings. The fourth-order valence-electron chi connectivity index (χ4n) is 4.47. The lowest BCUT2D eigenvalue weighted by atomic mass is 10.1. The van der Waals surface area contributed by atoms with Crippen LogP contribution >= 0.6 is 23.2 Å². The molecule has 0 aliphatic carbocycles. The highest BCUT2D eigenvalue weighted by Crippen LogP contribution is 2.29. The molecule has 2 amide bonds. The molecule has 0 fully saturated rings. The Morgan fingerprint density at radius 3 is 2.44 bits per heavy atom. The predicted octanol–water partition coefficient (Wildman–Crippen LogP) is 5.80. The second-order valence-corrected chi connectivity index (χ2v) is 18.7. The van der Waals surface area contributed by atoms with E-state index >= 15 is 4.39 Å². The summed E-state index contributed by atoms with van der Waals surface area (Å²) in [4.78, 5) is 29.5. The van der Waals surface area contributed by atoms with E-state index in [-0.39, 0.29) is 30.2 Å². The fraction of sp³-hybridized carbons (Fsp3) is 0.571. The first-order valence-electron chi connectivity index (χ1n) is 14.5. The second kappa shape index (κ2) is 16.5. The molecule has 0 unspecified atom stereocenters. The van der Waals surface area contributed by atoms with Crippen LogP contribution in [0.4, 0.5) is 19.0 Å². The average Bonchev–Trinajstić information content (AvgIpc) is 3.55. The first-order chi connectivity index (χ1) is 21.2. The van der Waals surface area contributed by atoms with Gasteiger partial charge in [0.05, 0.1) is 11.9 Å². The van der Waals surface area contributed by atoms with E-state index in [1.54, 1.807) is 11.6 Å². The van der Waals surface area contributed by atoms with Crippen molar-refractivity contribution in [2.75, 3.05) is 25.3 Å². The summed E-state index contributed by atoms with van der Waals surface area (Å²) in [5.74, 6) is -2.45. The van der Waals surface area contributed by atoms with Gasteiger partial charge in [-0.15, -0.1) is 28.3 Å². The number of aromatic nitrogens is 6. The largest absolute Gasteiger partial charge is 0.360 e. The lowest BCUT2D eigenvalue weighted by Crippen LogP contribution is -2.44. The first kappa shape index (κ1) is 36.5. The van der Waals surface area contributed by atoms with Gasteiger partial charge in [0.15, 0.2) is 0 Å². The van der Waals surface area contributed by atoms with Crippen LogP contribution in [0.3, 0.4) is 0 Å². The van der Waals surface area contributed by atoms with Crippen LogP contribution in [-0.4, -0.2) is 80.5 Å². The molecule has 17 heteroatoms. The van der Waals surface area contributed by atoms with Gasteiger partial charge >= 0.3 is 0 Å². The van der Waals surface area contributed by atoms with Crippen molar-refractivity contribution in [3.05, 3.63) is 41.4 Å². The maximum Gasteiger partial charge on any atom is 0.271 e. The standard InChI is InChI=1S/C28H39Cl2F3N8O3Si/c1-17-25(18(2)40(38-17)16-44-11-12-45(3,4)5)20-9-10-24(36-26(20)33)37-27(42)21(7-6-8-23(29)30)35-28(43)22-15-34-39-41(22)19(13-31)14-32/h9-10,15,19,21,23H,6-8,11-14,16H2,1-5H3,(H,35,43)(H,36,37,42)/t21-/m0/s1. The highest BCUT2D eigenvalue weighted by atomic mass is 35.5. The van der Waals surface area contributed by atoms with Gasteiger partial charge in [-0.25, -0.2) is 23.1 Å². The smallest absolute Gasteiger partial charge is 0.271 e. The molecule has 3 heterocycles. The van der Waals surface area contributed by atoms with Crippen molar-refractivity contribution in [2.45, 2.75) is 82.4 Å². The van der Waals surface area contributed by atoms with Crippen molar-refractivity contribution in [1.29, 1.82) is 0 Å². The monoisotopic (exact) mass is 690 g/mol. The quantitative estimate of drug-likeness (QED) is 0.0793. The lowest BCUT2D eigenvalue weighted by Gasteiger charge is -2.19.